The molecule has 1 amide bonds. The number of hydrogen-bond acceptors (Lipinski definition) is 4. The van der Waals surface area contributed by atoms with Crippen LogP contribution in [-0.2, 0) is 14.3 Å². The smallest absolute Gasteiger partial charge is 0.355 e. The molecular formula is C27H25NO4. The molecule has 5 nitrogen and oxygen atoms in total. The second-order valence-electron chi connectivity index (χ2n) is 7.58. The lowest BCUT2D eigenvalue weighted by Gasteiger charge is -2.19. The fourth-order valence-corrected chi connectivity index (χ4v) is 3.11. The van der Waals surface area contributed by atoms with Gasteiger partial charge in [-0.15, -0.1) is 0 Å². The summed E-state index contributed by atoms with van der Waals surface area (Å²) in [5.74, 6) is -1.56. The van der Waals surface area contributed by atoms with Gasteiger partial charge in [0.05, 0.1) is 0 Å². The molecule has 0 radical (unpaired) electrons. The molecule has 0 spiro atoms. The maximum atomic E-state index is 13.3. The molecule has 0 aliphatic rings. The monoisotopic (exact) mass is 427 g/mol. The van der Waals surface area contributed by atoms with Crippen molar-refractivity contribution in [3.8, 4) is 0 Å². The van der Waals surface area contributed by atoms with Gasteiger partial charge in [0.2, 0.25) is 11.7 Å². The summed E-state index contributed by atoms with van der Waals surface area (Å²) in [4.78, 5) is 38.1. The maximum absolute atomic E-state index is 13.3. The maximum Gasteiger partial charge on any atom is 0.355 e. The molecule has 3 aromatic rings. The Bertz CT molecular complexity index is 1130. The Labute approximate surface area is 187 Å². The van der Waals surface area contributed by atoms with Crippen LogP contribution in [0.5, 0.6) is 0 Å². The predicted molar refractivity (Wildman–Crippen MR) is 124 cm³/mol. The zero-order valence-electron chi connectivity index (χ0n) is 18.3. The second kappa shape index (κ2) is 10.4. The third-order valence-electron chi connectivity index (χ3n) is 4.82. The van der Waals surface area contributed by atoms with Crippen LogP contribution >= 0.6 is 0 Å². The van der Waals surface area contributed by atoms with Crippen molar-refractivity contribution < 1.29 is 19.1 Å². The number of hydrogen-bond donors (Lipinski definition) is 1. The summed E-state index contributed by atoms with van der Waals surface area (Å²) in [5.41, 5.74) is 3.69. The van der Waals surface area contributed by atoms with Crippen LogP contribution < -0.4 is 5.32 Å². The van der Waals surface area contributed by atoms with E-state index in [1.807, 2.05) is 56.3 Å². The number of aryl methyl sites for hydroxylation is 2. The van der Waals surface area contributed by atoms with Gasteiger partial charge in [-0.3, -0.25) is 9.59 Å². The fourth-order valence-electron chi connectivity index (χ4n) is 3.11. The highest BCUT2D eigenvalue weighted by molar-refractivity contribution is 6.03. The molecule has 1 N–H and O–H groups in total. The van der Waals surface area contributed by atoms with Gasteiger partial charge in [0.15, 0.2) is 6.10 Å². The van der Waals surface area contributed by atoms with E-state index in [-0.39, 0.29) is 11.5 Å². The first-order chi connectivity index (χ1) is 15.3. The van der Waals surface area contributed by atoms with Gasteiger partial charge in [-0.1, -0.05) is 90.0 Å². The number of amides is 1. The number of ketones is 1. The van der Waals surface area contributed by atoms with Crippen LogP contribution in [0.2, 0.25) is 0 Å². The van der Waals surface area contributed by atoms with Crippen LogP contribution in [0.3, 0.4) is 0 Å². The number of Topliss-reactive ketones (excluding diaryl/α,β-unsaturated/α-hetero) is 1. The van der Waals surface area contributed by atoms with E-state index in [9.17, 15) is 14.4 Å². The topological polar surface area (TPSA) is 72.5 Å². The first-order valence-electron chi connectivity index (χ1n) is 10.3. The largest absolute Gasteiger partial charge is 0.444 e. The zero-order valence-corrected chi connectivity index (χ0v) is 18.3. The summed E-state index contributed by atoms with van der Waals surface area (Å²) in [6.45, 7) is 5.17. The molecule has 3 rings (SSSR count). The molecular weight excluding hydrogens is 402 g/mol. The number of benzene rings is 3. The Balaban J connectivity index is 1.96. The van der Waals surface area contributed by atoms with E-state index in [2.05, 4.69) is 5.32 Å². The van der Waals surface area contributed by atoms with Gasteiger partial charge in [-0.05, 0) is 25.5 Å². The summed E-state index contributed by atoms with van der Waals surface area (Å²) < 4.78 is 5.69. The molecule has 0 bridgehead atoms. The molecule has 0 saturated heterocycles. The van der Waals surface area contributed by atoms with Crippen molar-refractivity contribution in [3.05, 3.63) is 112 Å². The molecule has 1 atom stereocenters. The van der Waals surface area contributed by atoms with E-state index in [4.69, 9.17) is 4.74 Å². The van der Waals surface area contributed by atoms with Crippen molar-refractivity contribution in [2.24, 2.45) is 0 Å². The lowest BCUT2D eigenvalue weighted by Crippen LogP contribution is -2.29. The van der Waals surface area contributed by atoms with Crippen molar-refractivity contribution in [1.29, 1.82) is 0 Å². The van der Waals surface area contributed by atoms with Crippen LogP contribution in [-0.4, -0.2) is 17.7 Å². The Kier molecular flexibility index (Phi) is 7.34. The van der Waals surface area contributed by atoms with Crippen LogP contribution in [0.15, 0.2) is 84.6 Å². The number of carbonyl (C=O) groups is 3. The summed E-state index contributed by atoms with van der Waals surface area (Å²) in [7, 11) is 0. The average Bonchev–Trinajstić information content (AvgIpc) is 2.78. The van der Waals surface area contributed by atoms with E-state index in [1.54, 1.807) is 36.4 Å². The molecule has 0 fully saturated rings. The van der Waals surface area contributed by atoms with Crippen molar-refractivity contribution in [1.82, 2.24) is 5.32 Å². The van der Waals surface area contributed by atoms with E-state index < -0.39 is 18.0 Å². The minimum Gasteiger partial charge on any atom is -0.444 e. The van der Waals surface area contributed by atoms with Gasteiger partial charge in [0, 0.05) is 18.1 Å². The number of rotatable bonds is 7. The van der Waals surface area contributed by atoms with Gasteiger partial charge in [-0.25, -0.2) is 4.79 Å². The minimum atomic E-state index is -1.15. The Hall–Kier alpha value is -3.99. The standard InChI is InChI=1S/C27H25NO4/c1-18-9-13-22(14-10-18)25(30)26(23-15-11-19(2)12-16-23)32-27(31)24(28-20(3)29)17-21-7-5-4-6-8-21/h4-17,26H,1-3H3,(H,28,29). The highest BCUT2D eigenvalue weighted by atomic mass is 16.5. The summed E-state index contributed by atoms with van der Waals surface area (Å²) in [6, 6.07) is 23.4. The highest BCUT2D eigenvalue weighted by Gasteiger charge is 2.28. The molecule has 0 aliphatic carbocycles. The van der Waals surface area contributed by atoms with Crippen LogP contribution in [0, 0.1) is 13.8 Å². The third-order valence-corrected chi connectivity index (χ3v) is 4.82. The molecule has 162 valence electrons. The molecule has 0 saturated carbocycles. The lowest BCUT2D eigenvalue weighted by molar-refractivity contribution is -0.143. The fraction of sp³-hybridized carbons (Fsp3) is 0.148. The zero-order chi connectivity index (χ0) is 23.1. The van der Waals surface area contributed by atoms with Gasteiger partial charge in [-0.2, -0.15) is 0 Å². The highest BCUT2D eigenvalue weighted by Crippen LogP contribution is 2.25. The number of carbonyl (C=O) groups excluding carboxylic acids is 3. The predicted octanol–water partition coefficient (Wildman–Crippen LogP) is 4.95. The number of ether oxygens (including phenoxy) is 1. The molecule has 3 aromatic carbocycles. The molecule has 32 heavy (non-hydrogen) atoms. The van der Waals surface area contributed by atoms with Gasteiger partial charge in [0.25, 0.3) is 0 Å². The number of nitrogens with one attached hydrogen (secondary N) is 1. The normalized spacial score (nSPS) is 12.0. The molecule has 0 heterocycles. The lowest BCUT2D eigenvalue weighted by atomic mass is 9.98. The van der Waals surface area contributed by atoms with Crippen molar-refractivity contribution in [3.63, 3.8) is 0 Å². The quantitative estimate of drug-likeness (QED) is 0.329. The van der Waals surface area contributed by atoms with E-state index in [0.29, 0.717) is 16.7 Å². The van der Waals surface area contributed by atoms with Crippen LogP contribution in [0.1, 0.15) is 45.6 Å². The summed E-state index contributed by atoms with van der Waals surface area (Å²) >= 11 is 0. The van der Waals surface area contributed by atoms with Crippen LogP contribution in [0.25, 0.3) is 6.08 Å². The SMILES string of the molecule is CC(=O)NC(=Cc1ccccc1)C(=O)OC(C(=O)c1ccc(C)cc1)c1ccc(C)cc1. The number of esters is 1. The minimum absolute atomic E-state index is 0.0440. The average molecular weight is 428 g/mol. The van der Waals surface area contributed by atoms with Gasteiger partial charge >= 0.3 is 5.97 Å². The molecule has 5 heteroatoms. The Morgan fingerprint density at radius 1 is 0.812 bits per heavy atom. The first-order valence-corrected chi connectivity index (χ1v) is 10.3. The summed E-state index contributed by atoms with van der Waals surface area (Å²) in [6.07, 6.45) is 0.366. The van der Waals surface area contributed by atoms with Crippen molar-refractivity contribution in [2.45, 2.75) is 26.9 Å². The third kappa shape index (κ3) is 6.01. The van der Waals surface area contributed by atoms with Crippen molar-refractivity contribution >= 4 is 23.7 Å². The van der Waals surface area contributed by atoms with Crippen molar-refractivity contribution in [2.75, 3.05) is 0 Å². The second-order valence-corrected chi connectivity index (χ2v) is 7.58. The van der Waals surface area contributed by atoms with Gasteiger partial charge < -0.3 is 10.1 Å². The first kappa shape index (κ1) is 22.7. The Morgan fingerprint density at radius 3 is 1.94 bits per heavy atom. The summed E-state index contributed by atoms with van der Waals surface area (Å²) in [5, 5.41) is 2.52. The molecule has 0 aliphatic heterocycles. The Morgan fingerprint density at radius 2 is 1.38 bits per heavy atom. The van der Waals surface area contributed by atoms with E-state index in [0.717, 1.165) is 11.1 Å². The molecule has 0 aromatic heterocycles. The van der Waals surface area contributed by atoms with E-state index >= 15 is 0 Å². The molecule has 1 unspecified atom stereocenters. The van der Waals surface area contributed by atoms with Crippen LogP contribution in [0.4, 0.5) is 0 Å². The van der Waals surface area contributed by atoms with E-state index in [1.165, 1.54) is 13.0 Å². The van der Waals surface area contributed by atoms with Gasteiger partial charge in [0.1, 0.15) is 5.70 Å².